The van der Waals surface area contributed by atoms with E-state index in [1.165, 1.54) is 0 Å². The van der Waals surface area contributed by atoms with Crippen molar-refractivity contribution in [1.82, 2.24) is 5.32 Å². The van der Waals surface area contributed by atoms with Gasteiger partial charge in [0, 0.05) is 12.0 Å². The van der Waals surface area contributed by atoms with E-state index in [2.05, 4.69) is 5.32 Å². The molecule has 1 amide bonds. The van der Waals surface area contributed by atoms with Crippen LogP contribution in [0.3, 0.4) is 0 Å². The molecule has 80 valence electrons. The number of nitrogens with one attached hydrogen (secondary N) is 1. The lowest BCUT2D eigenvalue weighted by atomic mass is 10.1. The molecule has 0 saturated heterocycles. The molecule has 0 aromatic carbocycles. The van der Waals surface area contributed by atoms with Crippen molar-refractivity contribution >= 4 is 5.91 Å². The van der Waals surface area contributed by atoms with E-state index in [1.807, 2.05) is 0 Å². The molecule has 4 nitrogen and oxygen atoms in total. The molecule has 4 heteroatoms. The summed E-state index contributed by atoms with van der Waals surface area (Å²) >= 11 is 0. The quantitative estimate of drug-likeness (QED) is 0.592. The summed E-state index contributed by atoms with van der Waals surface area (Å²) in [5.41, 5.74) is 5.60. The van der Waals surface area contributed by atoms with E-state index in [0.717, 1.165) is 32.1 Å². The van der Waals surface area contributed by atoms with Crippen LogP contribution in [-0.4, -0.2) is 28.7 Å². The molecule has 2 rings (SSSR count). The highest BCUT2D eigenvalue weighted by molar-refractivity contribution is 5.78. The lowest BCUT2D eigenvalue weighted by Crippen LogP contribution is -2.42. The van der Waals surface area contributed by atoms with Gasteiger partial charge in [0.25, 0.3) is 0 Å². The minimum atomic E-state index is -0.355. The van der Waals surface area contributed by atoms with Crippen LogP contribution in [0.25, 0.3) is 0 Å². The van der Waals surface area contributed by atoms with E-state index in [-0.39, 0.29) is 23.6 Å². The Morgan fingerprint density at radius 1 is 1.50 bits per heavy atom. The summed E-state index contributed by atoms with van der Waals surface area (Å²) in [6.07, 6.45) is 4.66. The molecule has 2 unspecified atom stereocenters. The highest BCUT2D eigenvalue weighted by Crippen LogP contribution is 2.35. The fraction of sp³-hybridized carbons (Fsp3) is 0.900. The Morgan fingerprint density at radius 3 is 2.71 bits per heavy atom. The van der Waals surface area contributed by atoms with Crippen LogP contribution < -0.4 is 11.1 Å². The number of carbonyl (C=O) groups is 1. The minimum Gasteiger partial charge on any atom is -0.391 e. The maximum absolute atomic E-state index is 11.5. The van der Waals surface area contributed by atoms with Crippen molar-refractivity contribution in [1.29, 1.82) is 0 Å². The standard InChI is InChI=1S/C10H18N2O2/c11-10(4-5-10)6-9(14)12-7-2-1-3-8(7)13/h7-8,13H,1-6,11H2,(H,12,14). The van der Waals surface area contributed by atoms with E-state index in [0.29, 0.717) is 6.42 Å². The third-order valence-electron chi connectivity index (χ3n) is 3.23. The summed E-state index contributed by atoms with van der Waals surface area (Å²) in [6.45, 7) is 0. The maximum Gasteiger partial charge on any atom is 0.222 e. The summed E-state index contributed by atoms with van der Waals surface area (Å²) in [5.74, 6) is -0.00375. The van der Waals surface area contributed by atoms with Gasteiger partial charge >= 0.3 is 0 Å². The first-order valence-electron chi connectivity index (χ1n) is 5.35. The van der Waals surface area contributed by atoms with Crippen molar-refractivity contribution in [3.63, 3.8) is 0 Å². The molecular formula is C10H18N2O2. The van der Waals surface area contributed by atoms with Crippen molar-refractivity contribution in [2.75, 3.05) is 0 Å². The van der Waals surface area contributed by atoms with Gasteiger partial charge in [-0.2, -0.15) is 0 Å². The van der Waals surface area contributed by atoms with Crippen LogP contribution >= 0.6 is 0 Å². The zero-order valence-corrected chi connectivity index (χ0v) is 8.33. The second-order valence-electron chi connectivity index (χ2n) is 4.71. The Balaban J connectivity index is 1.76. The number of aliphatic hydroxyl groups excluding tert-OH is 1. The van der Waals surface area contributed by atoms with Gasteiger partial charge in [0.2, 0.25) is 5.91 Å². The summed E-state index contributed by atoms with van der Waals surface area (Å²) in [5, 5.41) is 12.4. The van der Waals surface area contributed by atoms with E-state index in [9.17, 15) is 9.90 Å². The number of hydrogen-bond acceptors (Lipinski definition) is 3. The Kier molecular flexibility index (Phi) is 2.49. The third-order valence-corrected chi connectivity index (χ3v) is 3.23. The summed E-state index contributed by atoms with van der Waals surface area (Å²) in [7, 11) is 0. The normalized spacial score (nSPS) is 34.1. The number of hydrogen-bond donors (Lipinski definition) is 3. The predicted molar refractivity (Wildman–Crippen MR) is 52.6 cm³/mol. The Bertz CT molecular complexity index is 238. The average Bonchev–Trinajstić information content (AvgIpc) is 2.67. The van der Waals surface area contributed by atoms with Crippen LogP contribution in [0.5, 0.6) is 0 Å². The van der Waals surface area contributed by atoms with Gasteiger partial charge in [-0.15, -0.1) is 0 Å². The first-order chi connectivity index (χ1) is 6.59. The maximum atomic E-state index is 11.5. The van der Waals surface area contributed by atoms with E-state index >= 15 is 0 Å². The molecule has 0 aliphatic heterocycles. The van der Waals surface area contributed by atoms with Crippen molar-refractivity contribution in [3.05, 3.63) is 0 Å². The van der Waals surface area contributed by atoms with Crippen molar-refractivity contribution < 1.29 is 9.90 Å². The second-order valence-corrected chi connectivity index (χ2v) is 4.71. The number of amides is 1. The molecule has 0 aromatic rings. The van der Waals surface area contributed by atoms with Gasteiger partial charge in [-0.25, -0.2) is 0 Å². The SMILES string of the molecule is NC1(CC(=O)NC2CCCC2O)CC1. The van der Waals surface area contributed by atoms with E-state index in [1.54, 1.807) is 0 Å². The zero-order chi connectivity index (χ0) is 10.2. The summed E-state index contributed by atoms with van der Waals surface area (Å²) in [6, 6.07) is -0.0372. The second kappa shape index (κ2) is 3.51. The van der Waals surface area contributed by atoms with Crippen molar-refractivity contribution in [3.8, 4) is 0 Å². The molecule has 0 radical (unpaired) electrons. The largest absolute Gasteiger partial charge is 0.391 e. The molecule has 0 bridgehead atoms. The molecule has 4 N–H and O–H groups in total. The van der Waals surface area contributed by atoms with Crippen LogP contribution in [0.4, 0.5) is 0 Å². The first-order valence-corrected chi connectivity index (χ1v) is 5.35. The van der Waals surface area contributed by atoms with Crippen LogP contribution in [-0.2, 0) is 4.79 Å². The molecule has 2 aliphatic rings. The molecule has 2 aliphatic carbocycles. The van der Waals surface area contributed by atoms with Gasteiger partial charge in [-0.05, 0) is 32.1 Å². The van der Waals surface area contributed by atoms with Gasteiger partial charge in [0.05, 0.1) is 12.1 Å². The van der Waals surface area contributed by atoms with Crippen molar-refractivity contribution in [2.24, 2.45) is 5.73 Å². The topological polar surface area (TPSA) is 75.4 Å². The summed E-state index contributed by atoms with van der Waals surface area (Å²) < 4.78 is 0. The molecule has 0 aromatic heterocycles. The van der Waals surface area contributed by atoms with Gasteiger partial charge in [-0.1, -0.05) is 0 Å². The molecule has 2 atom stereocenters. The smallest absolute Gasteiger partial charge is 0.222 e. The molecule has 0 heterocycles. The summed E-state index contributed by atoms with van der Waals surface area (Å²) in [4.78, 5) is 11.5. The highest BCUT2D eigenvalue weighted by Gasteiger charge is 2.40. The average molecular weight is 198 g/mol. The Hall–Kier alpha value is -0.610. The number of nitrogens with two attached hydrogens (primary N) is 1. The van der Waals surface area contributed by atoms with Crippen molar-refractivity contribution in [2.45, 2.75) is 56.2 Å². The fourth-order valence-corrected chi connectivity index (χ4v) is 2.02. The molecule has 0 spiro atoms. The Labute approximate surface area is 83.9 Å². The Morgan fingerprint density at radius 2 is 2.21 bits per heavy atom. The van der Waals surface area contributed by atoms with Crippen LogP contribution in [0.2, 0.25) is 0 Å². The predicted octanol–water partition coefficient (Wildman–Crippen LogP) is -0.103. The van der Waals surface area contributed by atoms with Crippen LogP contribution in [0, 0.1) is 0 Å². The van der Waals surface area contributed by atoms with Crippen LogP contribution in [0.15, 0.2) is 0 Å². The zero-order valence-electron chi connectivity index (χ0n) is 8.33. The third kappa shape index (κ3) is 2.25. The van der Waals surface area contributed by atoms with Gasteiger partial charge in [0.15, 0.2) is 0 Å². The first kappa shape index (κ1) is 9.93. The molecule has 14 heavy (non-hydrogen) atoms. The minimum absolute atomic E-state index is 0.00375. The lowest BCUT2D eigenvalue weighted by molar-refractivity contribution is -0.122. The monoisotopic (exact) mass is 198 g/mol. The number of aliphatic hydroxyl groups is 1. The number of rotatable bonds is 3. The highest BCUT2D eigenvalue weighted by atomic mass is 16.3. The van der Waals surface area contributed by atoms with Gasteiger partial charge in [-0.3, -0.25) is 4.79 Å². The van der Waals surface area contributed by atoms with E-state index in [4.69, 9.17) is 5.73 Å². The molecule has 2 fully saturated rings. The molecule has 2 saturated carbocycles. The lowest BCUT2D eigenvalue weighted by Gasteiger charge is -2.17. The molecular weight excluding hydrogens is 180 g/mol. The van der Waals surface area contributed by atoms with Gasteiger partial charge in [0.1, 0.15) is 0 Å². The van der Waals surface area contributed by atoms with E-state index < -0.39 is 0 Å². The fourth-order valence-electron chi connectivity index (χ4n) is 2.02. The van der Waals surface area contributed by atoms with Crippen LogP contribution in [0.1, 0.15) is 38.5 Å². The van der Waals surface area contributed by atoms with Gasteiger partial charge < -0.3 is 16.2 Å². The number of carbonyl (C=O) groups excluding carboxylic acids is 1.